The van der Waals surface area contributed by atoms with Gasteiger partial charge in [-0.3, -0.25) is 0 Å². The molecule has 0 aliphatic rings. The van der Waals surface area contributed by atoms with Crippen molar-refractivity contribution in [1.82, 2.24) is 10.2 Å². The monoisotopic (exact) mass is 234 g/mol. The highest BCUT2D eigenvalue weighted by molar-refractivity contribution is 5.33. The van der Waals surface area contributed by atoms with Crippen molar-refractivity contribution in [2.24, 2.45) is 0 Å². The van der Waals surface area contributed by atoms with Crippen LogP contribution in [0.5, 0.6) is 0 Å². The first-order chi connectivity index (χ1) is 8.00. The zero-order valence-electron chi connectivity index (χ0n) is 11.9. The van der Waals surface area contributed by atoms with E-state index in [0.29, 0.717) is 6.04 Å². The fraction of sp³-hybridized carbons (Fsp3) is 0.600. The van der Waals surface area contributed by atoms with E-state index in [2.05, 4.69) is 63.3 Å². The third-order valence-electron chi connectivity index (χ3n) is 3.28. The summed E-state index contributed by atoms with van der Waals surface area (Å²) in [5.74, 6) is 0. The van der Waals surface area contributed by atoms with E-state index in [1.54, 1.807) is 0 Å². The van der Waals surface area contributed by atoms with Crippen molar-refractivity contribution in [3.63, 3.8) is 0 Å². The van der Waals surface area contributed by atoms with Crippen LogP contribution in [0, 0.1) is 13.8 Å². The Balaban J connectivity index is 2.44. The van der Waals surface area contributed by atoms with Gasteiger partial charge in [-0.25, -0.2) is 0 Å². The largest absolute Gasteiger partial charge is 0.310 e. The van der Waals surface area contributed by atoms with Crippen LogP contribution >= 0.6 is 0 Å². The van der Waals surface area contributed by atoms with Gasteiger partial charge in [-0.1, -0.05) is 18.2 Å². The Labute approximate surface area is 106 Å². The van der Waals surface area contributed by atoms with Gasteiger partial charge in [0.2, 0.25) is 0 Å². The van der Waals surface area contributed by atoms with E-state index in [-0.39, 0.29) is 0 Å². The molecule has 0 radical (unpaired) electrons. The molecule has 96 valence electrons. The number of aryl methyl sites for hydroxylation is 2. The fourth-order valence-corrected chi connectivity index (χ4v) is 1.96. The molecule has 0 heterocycles. The molecule has 1 aromatic carbocycles. The average molecular weight is 234 g/mol. The van der Waals surface area contributed by atoms with E-state index in [1.807, 2.05) is 0 Å². The van der Waals surface area contributed by atoms with Crippen molar-refractivity contribution in [3.05, 3.63) is 34.9 Å². The lowest BCUT2D eigenvalue weighted by Gasteiger charge is -2.18. The Morgan fingerprint density at radius 3 is 2.29 bits per heavy atom. The molecule has 0 spiro atoms. The van der Waals surface area contributed by atoms with Crippen molar-refractivity contribution < 1.29 is 0 Å². The van der Waals surface area contributed by atoms with Gasteiger partial charge in [-0.15, -0.1) is 0 Å². The van der Waals surface area contributed by atoms with Gasteiger partial charge in [-0.2, -0.15) is 0 Å². The SMILES string of the molecule is Cc1cccc(C)c1CNC(C)CCN(C)C. The minimum atomic E-state index is 0.566. The highest BCUT2D eigenvalue weighted by atomic mass is 15.1. The van der Waals surface area contributed by atoms with Gasteiger partial charge in [0.1, 0.15) is 0 Å². The van der Waals surface area contributed by atoms with Crippen LogP contribution in [-0.2, 0) is 6.54 Å². The molecule has 1 rings (SSSR count). The second-order valence-corrected chi connectivity index (χ2v) is 5.24. The summed E-state index contributed by atoms with van der Waals surface area (Å²) >= 11 is 0. The molecule has 2 nitrogen and oxygen atoms in total. The predicted octanol–water partition coefficient (Wildman–Crippen LogP) is 2.73. The van der Waals surface area contributed by atoms with E-state index < -0.39 is 0 Å². The first-order valence-electron chi connectivity index (χ1n) is 6.44. The second-order valence-electron chi connectivity index (χ2n) is 5.24. The summed E-state index contributed by atoms with van der Waals surface area (Å²) in [6.45, 7) is 8.76. The second kappa shape index (κ2) is 6.77. The van der Waals surface area contributed by atoms with Crippen LogP contribution in [0.1, 0.15) is 30.0 Å². The number of benzene rings is 1. The van der Waals surface area contributed by atoms with Crippen molar-refractivity contribution in [1.29, 1.82) is 0 Å². The molecule has 2 heteroatoms. The lowest BCUT2D eigenvalue weighted by molar-refractivity contribution is 0.365. The zero-order valence-corrected chi connectivity index (χ0v) is 11.9. The van der Waals surface area contributed by atoms with Crippen LogP contribution in [0.3, 0.4) is 0 Å². The summed E-state index contributed by atoms with van der Waals surface area (Å²) in [6, 6.07) is 7.07. The molecule has 1 N–H and O–H groups in total. The molecule has 0 fully saturated rings. The van der Waals surface area contributed by atoms with E-state index in [1.165, 1.54) is 23.1 Å². The highest BCUT2D eigenvalue weighted by Crippen LogP contribution is 2.13. The molecule has 0 amide bonds. The summed E-state index contributed by atoms with van der Waals surface area (Å²) in [5.41, 5.74) is 4.22. The van der Waals surface area contributed by atoms with Crippen LogP contribution in [0.2, 0.25) is 0 Å². The predicted molar refractivity (Wildman–Crippen MR) is 75.4 cm³/mol. The third-order valence-corrected chi connectivity index (χ3v) is 3.28. The summed E-state index contributed by atoms with van der Waals surface area (Å²) in [6.07, 6.45) is 1.19. The molecular weight excluding hydrogens is 208 g/mol. The van der Waals surface area contributed by atoms with Crippen molar-refractivity contribution in [2.75, 3.05) is 20.6 Å². The number of hydrogen-bond donors (Lipinski definition) is 1. The number of rotatable bonds is 6. The van der Waals surface area contributed by atoms with E-state index in [4.69, 9.17) is 0 Å². The van der Waals surface area contributed by atoms with E-state index >= 15 is 0 Å². The summed E-state index contributed by atoms with van der Waals surface area (Å²) in [4.78, 5) is 2.23. The molecule has 0 aliphatic heterocycles. The molecule has 0 aromatic heterocycles. The maximum absolute atomic E-state index is 3.61. The van der Waals surface area contributed by atoms with Crippen LogP contribution in [0.25, 0.3) is 0 Å². The van der Waals surface area contributed by atoms with Gasteiger partial charge < -0.3 is 10.2 Å². The summed E-state index contributed by atoms with van der Waals surface area (Å²) in [5, 5.41) is 3.61. The lowest BCUT2D eigenvalue weighted by Crippen LogP contribution is -2.29. The van der Waals surface area contributed by atoms with Gasteiger partial charge in [0, 0.05) is 12.6 Å². The van der Waals surface area contributed by atoms with Gasteiger partial charge in [-0.05, 0) is 64.5 Å². The molecule has 1 aromatic rings. The number of nitrogens with one attached hydrogen (secondary N) is 1. The molecular formula is C15H26N2. The Hall–Kier alpha value is -0.860. The third kappa shape index (κ3) is 4.88. The molecule has 17 heavy (non-hydrogen) atoms. The van der Waals surface area contributed by atoms with Gasteiger partial charge >= 0.3 is 0 Å². The molecule has 1 unspecified atom stereocenters. The van der Waals surface area contributed by atoms with Crippen LogP contribution in [0.4, 0.5) is 0 Å². The van der Waals surface area contributed by atoms with Crippen molar-refractivity contribution in [2.45, 2.75) is 39.8 Å². The quantitative estimate of drug-likeness (QED) is 0.814. The molecule has 0 bridgehead atoms. The maximum atomic E-state index is 3.61. The molecule has 0 aliphatic carbocycles. The van der Waals surface area contributed by atoms with Gasteiger partial charge in [0.05, 0.1) is 0 Å². The van der Waals surface area contributed by atoms with Gasteiger partial charge in [0.25, 0.3) is 0 Å². The maximum Gasteiger partial charge on any atom is 0.0213 e. The minimum absolute atomic E-state index is 0.566. The first-order valence-corrected chi connectivity index (χ1v) is 6.44. The number of nitrogens with zero attached hydrogens (tertiary/aromatic N) is 1. The Morgan fingerprint density at radius 2 is 1.76 bits per heavy atom. The highest BCUT2D eigenvalue weighted by Gasteiger charge is 2.05. The summed E-state index contributed by atoms with van der Waals surface area (Å²) < 4.78 is 0. The van der Waals surface area contributed by atoms with Crippen molar-refractivity contribution >= 4 is 0 Å². The topological polar surface area (TPSA) is 15.3 Å². The van der Waals surface area contributed by atoms with Crippen LogP contribution < -0.4 is 5.32 Å². The standard InChI is InChI=1S/C15H26N2/c1-12-7-6-8-13(2)15(12)11-16-14(3)9-10-17(4)5/h6-8,14,16H,9-11H2,1-5H3. The Kier molecular flexibility index (Phi) is 5.66. The number of hydrogen-bond acceptors (Lipinski definition) is 2. The molecule has 0 saturated heterocycles. The van der Waals surface area contributed by atoms with E-state index in [0.717, 1.165) is 13.1 Å². The lowest BCUT2D eigenvalue weighted by atomic mass is 10.0. The van der Waals surface area contributed by atoms with Crippen LogP contribution in [0.15, 0.2) is 18.2 Å². The molecule has 1 atom stereocenters. The van der Waals surface area contributed by atoms with Crippen LogP contribution in [-0.4, -0.2) is 31.6 Å². The Bertz CT molecular complexity index is 325. The van der Waals surface area contributed by atoms with E-state index in [9.17, 15) is 0 Å². The van der Waals surface area contributed by atoms with Crippen molar-refractivity contribution in [3.8, 4) is 0 Å². The fourth-order valence-electron chi connectivity index (χ4n) is 1.96. The normalized spacial score (nSPS) is 13.1. The zero-order chi connectivity index (χ0) is 12.8. The van der Waals surface area contributed by atoms with Gasteiger partial charge in [0.15, 0.2) is 0 Å². The first kappa shape index (κ1) is 14.2. The minimum Gasteiger partial charge on any atom is -0.310 e. The summed E-state index contributed by atoms with van der Waals surface area (Å²) in [7, 11) is 4.25. The Morgan fingerprint density at radius 1 is 1.18 bits per heavy atom. The average Bonchev–Trinajstić information content (AvgIpc) is 2.25. The molecule has 0 saturated carbocycles. The smallest absolute Gasteiger partial charge is 0.0213 e.